The number of hydrogen-bond donors (Lipinski definition) is 2. The number of sulfonamides is 1. The molecule has 3 aromatic rings. The van der Waals surface area contributed by atoms with Crippen molar-refractivity contribution in [3.8, 4) is 5.69 Å². The minimum absolute atomic E-state index is 0.0137. The van der Waals surface area contributed by atoms with E-state index in [0.717, 1.165) is 22.2 Å². The van der Waals surface area contributed by atoms with Gasteiger partial charge in [0.1, 0.15) is 16.9 Å². The summed E-state index contributed by atoms with van der Waals surface area (Å²) < 4.78 is 30.7. The zero-order chi connectivity index (χ0) is 22.4. The Labute approximate surface area is 182 Å². The fourth-order valence-electron chi connectivity index (χ4n) is 3.70. The van der Waals surface area contributed by atoms with Gasteiger partial charge in [0.15, 0.2) is 0 Å². The van der Waals surface area contributed by atoms with Crippen LogP contribution in [0.25, 0.3) is 16.6 Å². The molecule has 2 heterocycles. The Bertz CT molecular complexity index is 1310. The second kappa shape index (κ2) is 7.53. The first kappa shape index (κ1) is 21.1. The highest BCUT2D eigenvalue weighted by molar-refractivity contribution is 7.93. The van der Waals surface area contributed by atoms with E-state index in [1.54, 1.807) is 22.9 Å². The Morgan fingerprint density at radius 1 is 1.19 bits per heavy atom. The van der Waals surface area contributed by atoms with E-state index in [2.05, 4.69) is 35.6 Å². The summed E-state index contributed by atoms with van der Waals surface area (Å²) in [6.07, 6.45) is 6.12. The highest BCUT2D eigenvalue weighted by Crippen LogP contribution is 2.32. The molecule has 0 fully saturated rings. The van der Waals surface area contributed by atoms with Crippen LogP contribution in [-0.4, -0.2) is 28.4 Å². The maximum Gasteiger partial charge on any atom is 0.240 e. The summed E-state index contributed by atoms with van der Waals surface area (Å²) in [6, 6.07) is 10.9. The third-order valence-corrected chi connectivity index (χ3v) is 7.00. The summed E-state index contributed by atoms with van der Waals surface area (Å²) in [5, 5.41) is 4.71. The topological polar surface area (TPSA) is 103 Å². The number of nitrogens with two attached hydrogens (primary N) is 1. The van der Waals surface area contributed by atoms with Crippen LogP contribution in [0.1, 0.15) is 32.9 Å². The van der Waals surface area contributed by atoms with Gasteiger partial charge in [-0.1, -0.05) is 45.1 Å². The SMILES string of the molecule is Cc1cc(NS(=O)(=O)C2C=CC(C(C)(C)C)=CC2)n(-c2cccc3nc(N)ccc23)n1. The highest BCUT2D eigenvalue weighted by Gasteiger charge is 2.28. The minimum Gasteiger partial charge on any atom is -0.384 e. The van der Waals surface area contributed by atoms with Gasteiger partial charge in [-0.2, -0.15) is 5.10 Å². The summed E-state index contributed by atoms with van der Waals surface area (Å²) in [7, 11) is -3.66. The van der Waals surface area contributed by atoms with Gasteiger partial charge >= 0.3 is 0 Å². The number of nitrogen functional groups attached to an aromatic ring is 1. The Morgan fingerprint density at radius 3 is 2.65 bits per heavy atom. The number of nitrogens with zero attached hydrogens (tertiary/aromatic N) is 3. The van der Waals surface area contributed by atoms with Crippen molar-refractivity contribution < 1.29 is 8.42 Å². The molecule has 0 saturated heterocycles. The molecule has 0 aliphatic heterocycles. The summed E-state index contributed by atoms with van der Waals surface area (Å²) in [5.74, 6) is 0.815. The highest BCUT2D eigenvalue weighted by atomic mass is 32.2. The van der Waals surface area contributed by atoms with Gasteiger partial charge in [0.25, 0.3) is 0 Å². The summed E-state index contributed by atoms with van der Waals surface area (Å²) >= 11 is 0. The molecule has 1 unspecified atom stereocenters. The number of hydrogen-bond acceptors (Lipinski definition) is 5. The molecule has 1 aliphatic carbocycles. The van der Waals surface area contributed by atoms with E-state index in [4.69, 9.17) is 5.73 Å². The van der Waals surface area contributed by atoms with Crippen LogP contribution in [0.5, 0.6) is 0 Å². The van der Waals surface area contributed by atoms with Crippen LogP contribution in [0.3, 0.4) is 0 Å². The van der Waals surface area contributed by atoms with Gasteiger partial charge in [-0.3, -0.25) is 4.72 Å². The molecule has 1 aromatic carbocycles. The number of rotatable bonds is 4. The number of nitrogens with one attached hydrogen (secondary N) is 1. The molecule has 8 heteroatoms. The largest absolute Gasteiger partial charge is 0.384 e. The average Bonchev–Trinajstić information content (AvgIpc) is 3.06. The van der Waals surface area contributed by atoms with Gasteiger partial charge in [0.2, 0.25) is 10.0 Å². The van der Waals surface area contributed by atoms with Gasteiger partial charge in [0.05, 0.1) is 16.9 Å². The summed E-state index contributed by atoms with van der Waals surface area (Å²) in [5.41, 5.74) is 9.09. The van der Waals surface area contributed by atoms with E-state index in [0.29, 0.717) is 23.8 Å². The molecule has 0 spiro atoms. The molecule has 4 rings (SSSR count). The van der Waals surface area contributed by atoms with Gasteiger partial charge in [0, 0.05) is 11.5 Å². The number of pyridine rings is 1. The zero-order valence-electron chi connectivity index (χ0n) is 18.1. The Hall–Kier alpha value is -3.13. The lowest BCUT2D eigenvalue weighted by molar-refractivity contribution is 0.511. The number of allylic oxidation sites excluding steroid dienone is 3. The predicted molar refractivity (Wildman–Crippen MR) is 126 cm³/mol. The molecule has 2 aromatic heterocycles. The Balaban J connectivity index is 1.68. The third-order valence-electron chi connectivity index (χ3n) is 5.36. The molecule has 0 bridgehead atoms. The second-order valence-electron chi connectivity index (χ2n) is 8.85. The molecule has 0 amide bonds. The third kappa shape index (κ3) is 4.20. The summed E-state index contributed by atoms with van der Waals surface area (Å²) in [6.45, 7) is 8.17. The van der Waals surface area contributed by atoms with Gasteiger partial charge in [-0.15, -0.1) is 0 Å². The van der Waals surface area contributed by atoms with Crippen molar-refractivity contribution in [3.63, 3.8) is 0 Å². The number of benzene rings is 1. The lowest BCUT2D eigenvalue weighted by Gasteiger charge is -2.25. The smallest absolute Gasteiger partial charge is 0.240 e. The molecule has 1 atom stereocenters. The van der Waals surface area contributed by atoms with Crippen molar-refractivity contribution >= 4 is 32.6 Å². The lowest BCUT2D eigenvalue weighted by Crippen LogP contribution is -2.28. The fourth-order valence-corrected chi connectivity index (χ4v) is 4.93. The first-order chi connectivity index (χ1) is 14.5. The average molecular weight is 438 g/mol. The van der Waals surface area contributed by atoms with Crippen molar-refractivity contribution in [2.75, 3.05) is 10.5 Å². The molecular weight excluding hydrogens is 410 g/mol. The van der Waals surface area contributed by atoms with Crippen LogP contribution in [0.4, 0.5) is 11.6 Å². The first-order valence-corrected chi connectivity index (χ1v) is 11.7. The van der Waals surface area contributed by atoms with Crippen LogP contribution in [0.15, 0.2) is 60.2 Å². The zero-order valence-corrected chi connectivity index (χ0v) is 18.9. The number of aryl methyl sites for hydroxylation is 1. The molecule has 7 nitrogen and oxygen atoms in total. The molecule has 0 radical (unpaired) electrons. The molecular formula is C23H27N5O2S. The maximum atomic E-state index is 13.2. The number of aromatic nitrogens is 3. The molecule has 1 aliphatic rings. The number of fused-ring (bicyclic) bond motifs is 1. The van der Waals surface area contributed by atoms with Crippen LogP contribution in [0, 0.1) is 12.3 Å². The number of anilines is 2. The van der Waals surface area contributed by atoms with Crippen molar-refractivity contribution in [2.24, 2.45) is 5.41 Å². The van der Waals surface area contributed by atoms with E-state index < -0.39 is 15.3 Å². The minimum atomic E-state index is -3.66. The first-order valence-electron chi connectivity index (χ1n) is 10.2. The monoisotopic (exact) mass is 437 g/mol. The van der Waals surface area contributed by atoms with Crippen LogP contribution >= 0.6 is 0 Å². The van der Waals surface area contributed by atoms with Gasteiger partial charge < -0.3 is 5.73 Å². The van der Waals surface area contributed by atoms with Gasteiger partial charge in [-0.05, 0) is 48.6 Å². The quantitative estimate of drug-likeness (QED) is 0.631. The van der Waals surface area contributed by atoms with E-state index in [1.165, 1.54) is 0 Å². The molecule has 31 heavy (non-hydrogen) atoms. The van der Waals surface area contributed by atoms with Crippen LogP contribution in [0.2, 0.25) is 0 Å². The van der Waals surface area contributed by atoms with Crippen molar-refractivity contribution in [3.05, 3.63) is 65.9 Å². The molecule has 3 N–H and O–H groups in total. The Morgan fingerprint density at radius 2 is 1.97 bits per heavy atom. The lowest BCUT2D eigenvalue weighted by atomic mass is 9.84. The molecule has 0 saturated carbocycles. The van der Waals surface area contributed by atoms with E-state index in [1.807, 2.05) is 43.3 Å². The second-order valence-corrected chi connectivity index (χ2v) is 10.8. The standard InChI is InChI=1S/C23H27N5O2S/c1-15-14-22(27-31(29,30)17-10-8-16(9-11-17)23(2,3)4)28(26-15)20-7-5-6-19-18(20)12-13-21(24)25-19/h5-10,12-14,17,27H,11H2,1-4H3,(H2,24,25). The maximum absolute atomic E-state index is 13.2. The van der Waals surface area contributed by atoms with E-state index in [9.17, 15) is 8.42 Å². The van der Waals surface area contributed by atoms with Crippen LogP contribution < -0.4 is 10.5 Å². The van der Waals surface area contributed by atoms with Crippen LogP contribution in [-0.2, 0) is 10.0 Å². The van der Waals surface area contributed by atoms with Crippen molar-refractivity contribution in [1.82, 2.24) is 14.8 Å². The normalized spacial score (nSPS) is 17.0. The molecule has 162 valence electrons. The van der Waals surface area contributed by atoms with Crippen molar-refractivity contribution in [2.45, 2.75) is 39.4 Å². The van der Waals surface area contributed by atoms with E-state index >= 15 is 0 Å². The van der Waals surface area contributed by atoms with E-state index in [-0.39, 0.29) is 5.41 Å². The fraction of sp³-hybridized carbons (Fsp3) is 0.304. The predicted octanol–water partition coefficient (Wildman–Crippen LogP) is 4.35. The van der Waals surface area contributed by atoms with Gasteiger partial charge in [-0.25, -0.2) is 18.1 Å². The Kier molecular flexibility index (Phi) is 5.13. The van der Waals surface area contributed by atoms with Crippen molar-refractivity contribution in [1.29, 1.82) is 0 Å². The summed E-state index contributed by atoms with van der Waals surface area (Å²) in [4.78, 5) is 4.36.